The number of nitrogens with one attached hydrogen (secondary N) is 1. The highest BCUT2D eigenvalue weighted by atomic mass is 16.5. The third kappa shape index (κ3) is 3.38. The van der Waals surface area contributed by atoms with Gasteiger partial charge in [-0.3, -0.25) is 9.59 Å². The van der Waals surface area contributed by atoms with Crippen LogP contribution in [0.15, 0.2) is 22.8 Å². The van der Waals surface area contributed by atoms with Crippen molar-refractivity contribution in [2.75, 3.05) is 0 Å². The minimum Gasteiger partial charge on any atom is -0.464 e. The number of carbonyl (C=O) groups excluding carboxylic acids is 2. The fourth-order valence-electron chi connectivity index (χ4n) is 2.52. The molecule has 1 atom stereocenters. The first-order chi connectivity index (χ1) is 11.0. The predicted molar refractivity (Wildman–Crippen MR) is 86.1 cm³/mol. The van der Waals surface area contributed by atoms with Crippen molar-refractivity contribution in [3.63, 3.8) is 0 Å². The summed E-state index contributed by atoms with van der Waals surface area (Å²) in [5.41, 5.74) is 3.79. The van der Waals surface area contributed by atoms with E-state index in [4.69, 9.17) is 9.15 Å². The molecule has 1 heterocycles. The van der Waals surface area contributed by atoms with Crippen molar-refractivity contribution >= 4 is 22.8 Å². The van der Waals surface area contributed by atoms with Gasteiger partial charge in [-0.05, 0) is 44.7 Å². The van der Waals surface area contributed by atoms with Crippen LogP contribution in [0.4, 0.5) is 0 Å². The second-order valence-corrected chi connectivity index (χ2v) is 6.24. The van der Waals surface area contributed by atoms with Crippen LogP contribution in [0, 0.1) is 13.8 Å². The lowest BCUT2D eigenvalue weighted by Crippen LogP contribution is -2.37. The number of hydrogen-bond acceptors (Lipinski definition) is 4. The largest absolute Gasteiger partial charge is 0.464 e. The van der Waals surface area contributed by atoms with Gasteiger partial charge in [0.15, 0.2) is 6.10 Å². The molecule has 122 valence electrons. The third-order valence-electron chi connectivity index (χ3n) is 4.28. The summed E-state index contributed by atoms with van der Waals surface area (Å²) in [6.07, 6.45) is 2.92. The van der Waals surface area contributed by atoms with Crippen LogP contribution in [0.1, 0.15) is 36.5 Å². The van der Waals surface area contributed by atoms with Crippen molar-refractivity contribution in [1.29, 1.82) is 0 Å². The zero-order valence-corrected chi connectivity index (χ0v) is 13.6. The van der Waals surface area contributed by atoms with Gasteiger partial charge >= 0.3 is 5.97 Å². The van der Waals surface area contributed by atoms with E-state index in [1.54, 1.807) is 13.2 Å². The monoisotopic (exact) mass is 315 g/mol. The summed E-state index contributed by atoms with van der Waals surface area (Å²) in [4.78, 5) is 23.9. The van der Waals surface area contributed by atoms with Gasteiger partial charge in [-0.2, -0.15) is 0 Å². The highest BCUT2D eigenvalue weighted by Crippen LogP contribution is 2.27. The first kappa shape index (κ1) is 15.6. The molecule has 1 aliphatic rings. The molecule has 5 heteroatoms. The van der Waals surface area contributed by atoms with E-state index in [2.05, 4.69) is 5.32 Å². The van der Waals surface area contributed by atoms with Gasteiger partial charge < -0.3 is 14.5 Å². The molecule has 1 aromatic heterocycles. The normalized spacial score (nSPS) is 15.4. The maximum atomic E-state index is 12.1. The Morgan fingerprint density at radius 3 is 2.78 bits per heavy atom. The Morgan fingerprint density at radius 1 is 1.35 bits per heavy atom. The number of carbonyl (C=O) groups is 2. The van der Waals surface area contributed by atoms with Crippen molar-refractivity contribution in [1.82, 2.24) is 5.32 Å². The van der Waals surface area contributed by atoms with Crippen LogP contribution >= 0.6 is 0 Å². The van der Waals surface area contributed by atoms with Gasteiger partial charge in [-0.1, -0.05) is 12.1 Å². The molecule has 5 nitrogen and oxygen atoms in total. The summed E-state index contributed by atoms with van der Waals surface area (Å²) in [5, 5.41) is 3.74. The SMILES string of the molecule is Cc1ccc2c(CC(=O)O[C@@H](C)C(=O)NC3CC3)coc2c1C. The van der Waals surface area contributed by atoms with E-state index in [1.807, 2.05) is 26.0 Å². The molecule has 0 unspecified atom stereocenters. The number of hydrogen-bond donors (Lipinski definition) is 1. The van der Waals surface area contributed by atoms with E-state index in [-0.39, 0.29) is 18.4 Å². The van der Waals surface area contributed by atoms with Crippen molar-refractivity contribution in [2.45, 2.75) is 52.2 Å². The summed E-state index contributed by atoms with van der Waals surface area (Å²) in [7, 11) is 0. The zero-order chi connectivity index (χ0) is 16.6. The number of benzene rings is 1. The molecule has 0 spiro atoms. The summed E-state index contributed by atoms with van der Waals surface area (Å²) >= 11 is 0. The Hall–Kier alpha value is -2.30. The van der Waals surface area contributed by atoms with E-state index in [9.17, 15) is 9.59 Å². The van der Waals surface area contributed by atoms with Crippen LogP contribution < -0.4 is 5.32 Å². The molecule has 0 bridgehead atoms. The van der Waals surface area contributed by atoms with Gasteiger partial charge in [0.25, 0.3) is 5.91 Å². The third-order valence-corrected chi connectivity index (χ3v) is 4.28. The second-order valence-electron chi connectivity index (χ2n) is 6.24. The number of ether oxygens (including phenoxy) is 1. The van der Waals surface area contributed by atoms with Crippen LogP contribution in [0.3, 0.4) is 0 Å². The average molecular weight is 315 g/mol. The molecule has 0 aliphatic heterocycles. The quantitative estimate of drug-likeness (QED) is 0.862. The van der Waals surface area contributed by atoms with E-state index in [0.717, 1.165) is 40.5 Å². The van der Waals surface area contributed by atoms with Crippen molar-refractivity contribution < 1.29 is 18.7 Å². The molecule has 3 rings (SSSR count). The van der Waals surface area contributed by atoms with Gasteiger partial charge in [0, 0.05) is 17.0 Å². The number of aryl methyl sites for hydroxylation is 2. The Kier molecular flexibility index (Phi) is 4.11. The van der Waals surface area contributed by atoms with Crippen LogP contribution in [0.5, 0.6) is 0 Å². The van der Waals surface area contributed by atoms with E-state index >= 15 is 0 Å². The molecular weight excluding hydrogens is 294 g/mol. The minimum absolute atomic E-state index is 0.0938. The summed E-state index contributed by atoms with van der Waals surface area (Å²) in [6, 6.07) is 4.22. The van der Waals surface area contributed by atoms with E-state index in [1.165, 1.54) is 0 Å². The van der Waals surface area contributed by atoms with Crippen molar-refractivity contribution in [3.8, 4) is 0 Å². The fourth-order valence-corrected chi connectivity index (χ4v) is 2.52. The summed E-state index contributed by atoms with van der Waals surface area (Å²) in [5.74, 6) is -0.659. The summed E-state index contributed by atoms with van der Waals surface area (Å²) < 4.78 is 10.8. The van der Waals surface area contributed by atoms with Crippen molar-refractivity contribution in [2.24, 2.45) is 0 Å². The molecule has 23 heavy (non-hydrogen) atoms. The Labute approximate surface area is 135 Å². The highest BCUT2D eigenvalue weighted by Gasteiger charge is 2.27. The van der Waals surface area contributed by atoms with Crippen LogP contribution in [-0.2, 0) is 20.7 Å². The van der Waals surface area contributed by atoms with Crippen LogP contribution in [0.25, 0.3) is 11.0 Å². The molecule has 1 aliphatic carbocycles. The van der Waals surface area contributed by atoms with Gasteiger partial charge in [0.2, 0.25) is 0 Å². The van der Waals surface area contributed by atoms with Crippen molar-refractivity contribution in [3.05, 3.63) is 35.1 Å². The molecule has 2 aromatic rings. The average Bonchev–Trinajstić information content (AvgIpc) is 3.22. The lowest BCUT2D eigenvalue weighted by atomic mass is 10.0. The van der Waals surface area contributed by atoms with Gasteiger partial charge in [0.05, 0.1) is 12.7 Å². The smallest absolute Gasteiger partial charge is 0.311 e. The first-order valence-electron chi connectivity index (χ1n) is 7.92. The molecule has 0 radical (unpaired) electrons. The maximum Gasteiger partial charge on any atom is 0.311 e. The molecule has 0 saturated heterocycles. The fraction of sp³-hybridized carbons (Fsp3) is 0.444. The number of fused-ring (bicyclic) bond motifs is 1. The molecule has 1 fully saturated rings. The summed E-state index contributed by atoms with van der Waals surface area (Å²) in [6.45, 7) is 5.61. The predicted octanol–water partition coefficient (Wildman–Crippen LogP) is 2.80. The van der Waals surface area contributed by atoms with E-state index in [0.29, 0.717) is 0 Å². The van der Waals surface area contributed by atoms with Crippen LogP contribution in [-0.4, -0.2) is 24.0 Å². The van der Waals surface area contributed by atoms with E-state index < -0.39 is 12.1 Å². The molecule has 1 aromatic carbocycles. The number of furan rings is 1. The molecule has 1 saturated carbocycles. The number of amides is 1. The standard InChI is InChI=1S/C18H21NO4/c1-10-4-7-15-13(9-22-17(15)11(10)2)8-16(20)23-12(3)18(21)19-14-5-6-14/h4,7,9,12,14H,5-6,8H2,1-3H3,(H,19,21)/t12-/m0/s1. The first-order valence-corrected chi connectivity index (χ1v) is 7.92. The van der Waals surface area contributed by atoms with Gasteiger partial charge in [0.1, 0.15) is 5.58 Å². The lowest BCUT2D eigenvalue weighted by molar-refractivity contribution is -0.154. The Morgan fingerprint density at radius 2 is 2.09 bits per heavy atom. The Balaban J connectivity index is 1.65. The number of rotatable bonds is 5. The van der Waals surface area contributed by atoms with Crippen LogP contribution in [0.2, 0.25) is 0 Å². The van der Waals surface area contributed by atoms with Gasteiger partial charge in [-0.25, -0.2) is 0 Å². The second kappa shape index (κ2) is 6.07. The van der Waals surface area contributed by atoms with Gasteiger partial charge in [-0.15, -0.1) is 0 Å². The zero-order valence-electron chi connectivity index (χ0n) is 13.6. The lowest BCUT2D eigenvalue weighted by Gasteiger charge is -2.12. The molecule has 1 amide bonds. The highest BCUT2D eigenvalue weighted by molar-refractivity contribution is 5.89. The Bertz CT molecular complexity index is 758. The molecule has 1 N–H and O–H groups in total. The maximum absolute atomic E-state index is 12.1. The minimum atomic E-state index is -0.773. The molecular formula is C18H21NO4. The topological polar surface area (TPSA) is 68.5 Å². The number of esters is 1.